The van der Waals surface area contributed by atoms with E-state index < -0.39 is 0 Å². The van der Waals surface area contributed by atoms with Gasteiger partial charge in [-0.1, -0.05) is 20.3 Å². The summed E-state index contributed by atoms with van der Waals surface area (Å²) in [7, 11) is 0. The van der Waals surface area contributed by atoms with Crippen molar-refractivity contribution < 1.29 is 0 Å². The molecule has 0 aliphatic rings. The number of rotatable bonds is 7. The van der Waals surface area contributed by atoms with Gasteiger partial charge in [0, 0.05) is 19.1 Å². The first-order valence-electron chi connectivity index (χ1n) is 5.22. The maximum Gasteiger partial charge on any atom is 0.0187 e. The fourth-order valence-corrected chi connectivity index (χ4v) is 1.10. The van der Waals surface area contributed by atoms with E-state index in [4.69, 9.17) is 0 Å². The largest absolute Gasteiger partial charge is 0.255 e. The molecule has 0 amide bonds. The molecule has 0 aromatic heterocycles. The van der Waals surface area contributed by atoms with Crippen molar-refractivity contribution in [3.8, 4) is 0 Å². The summed E-state index contributed by atoms with van der Waals surface area (Å²) in [5.74, 6) is 0. The summed E-state index contributed by atoms with van der Waals surface area (Å²) in [6.45, 7) is 11.2. The molecule has 0 unspecified atom stereocenters. The Morgan fingerprint density at radius 1 is 1.17 bits per heavy atom. The molecule has 0 bridgehead atoms. The molecule has 0 aliphatic carbocycles. The maximum absolute atomic E-state index is 3.44. The van der Waals surface area contributed by atoms with E-state index in [1.807, 2.05) is 0 Å². The van der Waals surface area contributed by atoms with Crippen molar-refractivity contribution in [2.45, 2.75) is 53.0 Å². The van der Waals surface area contributed by atoms with Crippen molar-refractivity contribution in [3.05, 3.63) is 0 Å². The molecular formula is C10H24N2. The van der Waals surface area contributed by atoms with Gasteiger partial charge in [-0.2, -0.15) is 0 Å². The highest BCUT2D eigenvalue weighted by Crippen LogP contribution is 1.97. The molecule has 0 saturated heterocycles. The average Bonchev–Trinajstić information content (AvgIpc) is 2.04. The van der Waals surface area contributed by atoms with Crippen molar-refractivity contribution in [3.63, 3.8) is 0 Å². The van der Waals surface area contributed by atoms with Crippen LogP contribution in [0, 0.1) is 0 Å². The molecule has 0 spiro atoms. The van der Waals surface area contributed by atoms with Crippen LogP contribution in [0.4, 0.5) is 0 Å². The van der Waals surface area contributed by atoms with Crippen LogP contribution in [0.15, 0.2) is 0 Å². The SMILES string of the molecule is CCCCN(NCCC)C(C)C. The Balaban J connectivity index is 3.55. The summed E-state index contributed by atoms with van der Waals surface area (Å²) in [6, 6.07) is 0.614. The van der Waals surface area contributed by atoms with Gasteiger partial charge in [-0.05, 0) is 26.7 Å². The van der Waals surface area contributed by atoms with Gasteiger partial charge in [0.25, 0.3) is 0 Å². The van der Waals surface area contributed by atoms with E-state index in [1.165, 1.54) is 25.8 Å². The highest BCUT2D eigenvalue weighted by Gasteiger charge is 2.05. The Labute approximate surface area is 77.3 Å². The zero-order valence-corrected chi connectivity index (χ0v) is 9.06. The maximum atomic E-state index is 3.44. The highest BCUT2D eigenvalue weighted by molar-refractivity contribution is 4.57. The summed E-state index contributed by atoms with van der Waals surface area (Å²) in [5.41, 5.74) is 3.44. The fourth-order valence-electron chi connectivity index (χ4n) is 1.10. The zero-order valence-electron chi connectivity index (χ0n) is 9.06. The lowest BCUT2D eigenvalue weighted by Gasteiger charge is -2.26. The lowest BCUT2D eigenvalue weighted by Crippen LogP contribution is -2.43. The number of hydrogen-bond acceptors (Lipinski definition) is 2. The topological polar surface area (TPSA) is 15.3 Å². The molecular weight excluding hydrogens is 148 g/mol. The lowest BCUT2D eigenvalue weighted by atomic mass is 10.3. The molecule has 0 radical (unpaired) electrons. The third-order valence-corrected chi connectivity index (χ3v) is 1.94. The molecule has 1 N–H and O–H groups in total. The first kappa shape index (κ1) is 11.9. The van der Waals surface area contributed by atoms with Gasteiger partial charge in [0.2, 0.25) is 0 Å². The van der Waals surface area contributed by atoms with Crippen LogP contribution >= 0.6 is 0 Å². The van der Waals surface area contributed by atoms with Gasteiger partial charge in [0.15, 0.2) is 0 Å². The molecule has 0 fully saturated rings. The van der Waals surface area contributed by atoms with E-state index in [0.717, 1.165) is 6.54 Å². The minimum Gasteiger partial charge on any atom is -0.255 e. The molecule has 0 rings (SSSR count). The van der Waals surface area contributed by atoms with Gasteiger partial charge in [-0.25, -0.2) is 5.01 Å². The van der Waals surface area contributed by atoms with E-state index in [1.54, 1.807) is 0 Å². The monoisotopic (exact) mass is 172 g/mol. The average molecular weight is 172 g/mol. The Bertz CT molecular complexity index is 83.8. The van der Waals surface area contributed by atoms with Crippen LogP contribution in [0.5, 0.6) is 0 Å². The number of nitrogens with one attached hydrogen (secondary N) is 1. The number of nitrogens with zero attached hydrogens (tertiary/aromatic N) is 1. The van der Waals surface area contributed by atoms with Crippen LogP contribution in [0.25, 0.3) is 0 Å². The summed E-state index contributed by atoms with van der Waals surface area (Å²) in [6.07, 6.45) is 3.77. The summed E-state index contributed by atoms with van der Waals surface area (Å²) < 4.78 is 0. The second-order valence-corrected chi connectivity index (χ2v) is 3.55. The molecule has 2 nitrogen and oxygen atoms in total. The van der Waals surface area contributed by atoms with Crippen molar-refractivity contribution in [1.82, 2.24) is 10.4 Å². The number of unbranched alkanes of at least 4 members (excludes halogenated alkanes) is 1. The molecule has 0 aliphatic heterocycles. The molecule has 0 atom stereocenters. The van der Waals surface area contributed by atoms with Crippen LogP contribution in [-0.2, 0) is 0 Å². The minimum absolute atomic E-state index is 0.614. The molecule has 12 heavy (non-hydrogen) atoms. The Kier molecular flexibility index (Phi) is 7.51. The quantitative estimate of drug-likeness (QED) is 0.593. The summed E-state index contributed by atoms with van der Waals surface area (Å²) >= 11 is 0. The molecule has 0 heterocycles. The Morgan fingerprint density at radius 2 is 1.83 bits per heavy atom. The van der Waals surface area contributed by atoms with Crippen LogP contribution < -0.4 is 5.43 Å². The van der Waals surface area contributed by atoms with Crippen LogP contribution in [0.1, 0.15) is 47.0 Å². The van der Waals surface area contributed by atoms with E-state index in [2.05, 4.69) is 38.1 Å². The summed E-state index contributed by atoms with van der Waals surface area (Å²) in [5, 5.41) is 2.34. The predicted molar refractivity (Wildman–Crippen MR) is 55.0 cm³/mol. The molecule has 2 heteroatoms. The second kappa shape index (κ2) is 7.56. The van der Waals surface area contributed by atoms with Gasteiger partial charge in [0.05, 0.1) is 0 Å². The standard InChI is InChI=1S/C10H24N2/c1-5-7-9-12(10(3)4)11-8-6-2/h10-11H,5-9H2,1-4H3. The van der Waals surface area contributed by atoms with E-state index in [-0.39, 0.29) is 0 Å². The lowest BCUT2D eigenvalue weighted by molar-refractivity contribution is 0.141. The van der Waals surface area contributed by atoms with Gasteiger partial charge in [-0.3, -0.25) is 5.43 Å². The second-order valence-electron chi connectivity index (χ2n) is 3.55. The molecule has 0 aromatic rings. The number of hydrazine groups is 1. The first-order chi connectivity index (χ1) is 5.72. The molecule has 0 aromatic carbocycles. The third-order valence-electron chi connectivity index (χ3n) is 1.94. The number of hydrogen-bond donors (Lipinski definition) is 1. The zero-order chi connectivity index (χ0) is 9.40. The van der Waals surface area contributed by atoms with Crippen molar-refractivity contribution >= 4 is 0 Å². The van der Waals surface area contributed by atoms with Crippen molar-refractivity contribution in [1.29, 1.82) is 0 Å². The minimum atomic E-state index is 0.614. The van der Waals surface area contributed by atoms with Crippen molar-refractivity contribution in [2.75, 3.05) is 13.1 Å². The van der Waals surface area contributed by atoms with E-state index in [0.29, 0.717) is 6.04 Å². The van der Waals surface area contributed by atoms with Gasteiger partial charge < -0.3 is 0 Å². The highest BCUT2D eigenvalue weighted by atomic mass is 15.5. The van der Waals surface area contributed by atoms with Gasteiger partial charge in [0.1, 0.15) is 0 Å². The summed E-state index contributed by atoms with van der Waals surface area (Å²) in [4.78, 5) is 0. The van der Waals surface area contributed by atoms with Gasteiger partial charge >= 0.3 is 0 Å². The normalized spacial score (nSPS) is 11.5. The molecule has 0 saturated carbocycles. The smallest absolute Gasteiger partial charge is 0.0187 e. The van der Waals surface area contributed by atoms with Crippen molar-refractivity contribution in [2.24, 2.45) is 0 Å². The fraction of sp³-hybridized carbons (Fsp3) is 1.00. The van der Waals surface area contributed by atoms with Crippen LogP contribution in [0.2, 0.25) is 0 Å². The van der Waals surface area contributed by atoms with Gasteiger partial charge in [-0.15, -0.1) is 0 Å². The Morgan fingerprint density at radius 3 is 2.25 bits per heavy atom. The van der Waals surface area contributed by atoms with E-state index in [9.17, 15) is 0 Å². The van der Waals surface area contributed by atoms with Crippen LogP contribution in [0.3, 0.4) is 0 Å². The first-order valence-corrected chi connectivity index (χ1v) is 5.22. The van der Waals surface area contributed by atoms with E-state index >= 15 is 0 Å². The van der Waals surface area contributed by atoms with Crippen LogP contribution in [-0.4, -0.2) is 24.1 Å². The molecule has 74 valence electrons. The Hall–Kier alpha value is -0.0800. The predicted octanol–water partition coefficient (Wildman–Crippen LogP) is 2.41. The third kappa shape index (κ3) is 5.56.